The maximum absolute atomic E-state index is 11.9. The minimum Gasteiger partial charge on any atom is -0.444 e. The van der Waals surface area contributed by atoms with Gasteiger partial charge in [-0.15, -0.1) is 0 Å². The highest BCUT2D eigenvalue weighted by Crippen LogP contribution is 2.30. The lowest BCUT2D eigenvalue weighted by molar-refractivity contribution is -0.133. The summed E-state index contributed by atoms with van der Waals surface area (Å²) in [6, 6.07) is 3.42. The van der Waals surface area contributed by atoms with Crippen molar-refractivity contribution < 1.29 is 19.1 Å². The van der Waals surface area contributed by atoms with Crippen LogP contribution in [0.2, 0.25) is 0 Å². The van der Waals surface area contributed by atoms with Gasteiger partial charge in [-0.1, -0.05) is 0 Å². The number of amides is 1. The van der Waals surface area contributed by atoms with Gasteiger partial charge in [0, 0.05) is 0 Å². The van der Waals surface area contributed by atoms with Crippen molar-refractivity contribution in [2.75, 3.05) is 29.9 Å². The summed E-state index contributed by atoms with van der Waals surface area (Å²) in [5.41, 5.74) is 6.08. The second-order valence-electron chi connectivity index (χ2n) is 4.90. The highest BCUT2D eigenvalue weighted by atomic mass is 16.6. The van der Waals surface area contributed by atoms with Gasteiger partial charge in [0.05, 0.1) is 12.2 Å². The molecule has 0 radical (unpaired) electrons. The average Bonchev–Trinajstić information content (AvgIpc) is 2.85. The Labute approximate surface area is 121 Å². The molecule has 21 heavy (non-hydrogen) atoms. The van der Waals surface area contributed by atoms with E-state index >= 15 is 0 Å². The quantitative estimate of drug-likeness (QED) is 0.777. The molecule has 2 aliphatic heterocycles. The van der Waals surface area contributed by atoms with Gasteiger partial charge in [0.25, 0.3) is 0 Å². The molecule has 3 N–H and O–H groups in total. The normalized spacial score (nSPS) is 20.6. The number of rotatable bonds is 4. The molecule has 0 saturated carbocycles. The summed E-state index contributed by atoms with van der Waals surface area (Å²) in [4.78, 5) is 28.8. The van der Waals surface area contributed by atoms with Gasteiger partial charge < -0.3 is 20.5 Å². The first kappa shape index (κ1) is 13.6. The summed E-state index contributed by atoms with van der Waals surface area (Å²) in [5, 5.41) is 2.89. The predicted molar refractivity (Wildman–Crippen MR) is 74.3 cm³/mol. The molecule has 3 rings (SSSR count). The number of cyclic esters (lactones) is 1. The zero-order chi connectivity index (χ0) is 14.8. The van der Waals surface area contributed by atoms with Crippen molar-refractivity contribution in [1.82, 2.24) is 4.98 Å². The highest BCUT2D eigenvalue weighted by molar-refractivity contribution is 5.89. The number of nitrogens with two attached hydrogens (primary N) is 1. The van der Waals surface area contributed by atoms with Gasteiger partial charge in [0.2, 0.25) is 5.88 Å². The Morgan fingerprint density at radius 2 is 2.29 bits per heavy atom. The molecule has 0 aromatic carbocycles. The van der Waals surface area contributed by atoms with Crippen LogP contribution in [0.4, 0.5) is 16.3 Å². The van der Waals surface area contributed by atoms with Crippen LogP contribution in [0.1, 0.15) is 12.8 Å². The topological polar surface area (TPSA) is 107 Å². The molecule has 1 amide bonds. The zero-order valence-electron chi connectivity index (χ0n) is 11.4. The van der Waals surface area contributed by atoms with E-state index < -0.39 is 12.1 Å². The number of carbonyl (C=O) groups is 2. The number of carbonyl (C=O) groups excluding carboxylic acids is 2. The number of esters is 1. The largest absolute Gasteiger partial charge is 0.444 e. The van der Waals surface area contributed by atoms with Crippen LogP contribution in [0.3, 0.4) is 0 Å². The van der Waals surface area contributed by atoms with Gasteiger partial charge in [-0.05, 0) is 31.5 Å². The van der Waals surface area contributed by atoms with Gasteiger partial charge in [-0.3, -0.25) is 4.90 Å². The molecule has 8 nitrogen and oxygen atoms in total. The minimum atomic E-state index is -0.445. The lowest BCUT2D eigenvalue weighted by atomic mass is 10.2. The van der Waals surface area contributed by atoms with Crippen LogP contribution in [0.5, 0.6) is 5.88 Å². The summed E-state index contributed by atoms with van der Waals surface area (Å²) in [7, 11) is 0. The summed E-state index contributed by atoms with van der Waals surface area (Å²) in [6.45, 7) is 1.10. The Morgan fingerprint density at radius 1 is 1.43 bits per heavy atom. The maximum Gasteiger partial charge on any atom is 0.415 e. The fourth-order valence-electron chi connectivity index (χ4n) is 2.31. The second kappa shape index (κ2) is 5.57. The Kier molecular flexibility index (Phi) is 3.61. The van der Waals surface area contributed by atoms with E-state index in [-0.39, 0.29) is 18.5 Å². The van der Waals surface area contributed by atoms with E-state index in [1.54, 1.807) is 12.1 Å². The Hall–Kier alpha value is -2.35. The number of nitrogens with zero attached hydrogens (tertiary/aromatic N) is 2. The third-order valence-corrected chi connectivity index (χ3v) is 3.36. The fourth-order valence-corrected chi connectivity index (χ4v) is 2.31. The molecule has 112 valence electrons. The molecular weight excluding hydrogens is 276 g/mol. The molecule has 0 spiro atoms. The van der Waals surface area contributed by atoms with Crippen LogP contribution in [0, 0.1) is 0 Å². The van der Waals surface area contributed by atoms with E-state index in [4.69, 9.17) is 15.2 Å². The minimum absolute atomic E-state index is 0.112. The van der Waals surface area contributed by atoms with Gasteiger partial charge >= 0.3 is 12.1 Å². The first-order valence-corrected chi connectivity index (χ1v) is 6.81. The number of nitrogens with one attached hydrogen (secondary N) is 1. The number of anilines is 2. The van der Waals surface area contributed by atoms with Crippen LogP contribution in [-0.4, -0.2) is 42.8 Å². The molecule has 8 heteroatoms. The molecule has 3 heterocycles. The first-order valence-electron chi connectivity index (χ1n) is 6.81. The van der Waals surface area contributed by atoms with Crippen LogP contribution < -0.4 is 20.7 Å². The average molecular weight is 292 g/mol. The number of pyridine rings is 1. The summed E-state index contributed by atoms with van der Waals surface area (Å²) in [6.07, 6.45) is 0.893. The van der Waals surface area contributed by atoms with Crippen LogP contribution >= 0.6 is 0 Å². The van der Waals surface area contributed by atoms with Crippen LogP contribution in [-0.2, 0) is 9.53 Å². The molecule has 0 aliphatic carbocycles. The molecule has 1 aromatic rings. The molecule has 1 fully saturated rings. The zero-order valence-corrected chi connectivity index (χ0v) is 11.4. The molecule has 1 unspecified atom stereocenters. The molecule has 1 aromatic heterocycles. The van der Waals surface area contributed by atoms with Gasteiger partial charge in [-0.25, -0.2) is 9.59 Å². The van der Waals surface area contributed by atoms with Crippen molar-refractivity contribution >= 4 is 23.6 Å². The summed E-state index contributed by atoms with van der Waals surface area (Å²) in [5.74, 6) is 0.185. The fraction of sp³-hybridized carbons (Fsp3) is 0.462. The smallest absolute Gasteiger partial charge is 0.415 e. The second-order valence-corrected chi connectivity index (χ2v) is 4.90. The van der Waals surface area contributed by atoms with Crippen molar-refractivity contribution in [1.29, 1.82) is 0 Å². The van der Waals surface area contributed by atoms with Crippen molar-refractivity contribution in [3.8, 4) is 5.88 Å². The molecule has 0 bridgehead atoms. The van der Waals surface area contributed by atoms with Gasteiger partial charge in [-0.2, -0.15) is 4.98 Å². The molecular formula is C13H16N4O4. The standard InChI is InChI=1S/C13H16N4O4/c14-5-1-2-8-7-17(13(19)20-8)10-4-3-9-12(16-10)21-11(18)6-15-9/h3-4,8,15H,1-2,5-7,14H2. The molecule has 2 aliphatic rings. The Morgan fingerprint density at radius 3 is 3.10 bits per heavy atom. The number of ether oxygens (including phenoxy) is 2. The number of hydrogen-bond donors (Lipinski definition) is 2. The monoisotopic (exact) mass is 292 g/mol. The van der Waals surface area contributed by atoms with E-state index in [0.717, 1.165) is 12.8 Å². The highest BCUT2D eigenvalue weighted by Gasteiger charge is 2.33. The third-order valence-electron chi connectivity index (χ3n) is 3.36. The first-order chi connectivity index (χ1) is 10.2. The predicted octanol–water partition coefficient (Wildman–Crippen LogP) is 0.477. The van der Waals surface area contributed by atoms with E-state index in [9.17, 15) is 9.59 Å². The van der Waals surface area contributed by atoms with Crippen molar-refractivity contribution in [2.45, 2.75) is 18.9 Å². The van der Waals surface area contributed by atoms with Crippen molar-refractivity contribution in [3.05, 3.63) is 12.1 Å². The van der Waals surface area contributed by atoms with Crippen LogP contribution in [0.15, 0.2) is 12.1 Å². The summed E-state index contributed by atoms with van der Waals surface area (Å²) < 4.78 is 10.3. The number of fused-ring (bicyclic) bond motifs is 1. The number of hydrogen-bond acceptors (Lipinski definition) is 7. The van der Waals surface area contributed by atoms with Crippen molar-refractivity contribution in [3.63, 3.8) is 0 Å². The third kappa shape index (κ3) is 2.75. The van der Waals surface area contributed by atoms with Gasteiger partial charge in [0.15, 0.2) is 0 Å². The maximum atomic E-state index is 11.9. The van der Waals surface area contributed by atoms with Gasteiger partial charge in [0.1, 0.15) is 18.5 Å². The van der Waals surface area contributed by atoms with E-state index in [1.165, 1.54) is 4.90 Å². The Bertz CT molecular complexity index is 577. The SMILES string of the molecule is NCCCC1CN(c2ccc3c(n2)OC(=O)CN3)C(=O)O1. The summed E-state index contributed by atoms with van der Waals surface area (Å²) >= 11 is 0. The molecule has 1 atom stereocenters. The Balaban J connectivity index is 1.76. The molecule has 1 saturated heterocycles. The number of aromatic nitrogens is 1. The van der Waals surface area contributed by atoms with Crippen LogP contribution in [0.25, 0.3) is 0 Å². The van der Waals surface area contributed by atoms with E-state index in [1.807, 2.05) is 0 Å². The lowest BCUT2D eigenvalue weighted by Crippen LogP contribution is -2.28. The van der Waals surface area contributed by atoms with E-state index in [0.29, 0.717) is 24.6 Å². The van der Waals surface area contributed by atoms with E-state index in [2.05, 4.69) is 10.3 Å². The van der Waals surface area contributed by atoms with Crippen molar-refractivity contribution in [2.24, 2.45) is 5.73 Å². The lowest BCUT2D eigenvalue weighted by Gasteiger charge is -2.19.